The molecule has 0 spiro atoms. The van der Waals surface area contributed by atoms with E-state index in [0.717, 1.165) is 18.0 Å². The fourth-order valence-electron chi connectivity index (χ4n) is 2.36. The van der Waals surface area contributed by atoms with Gasteiger partial charge < -0.3 is 10.5 Å². The van der Waals surface area contributed by atoms with Gasteiger partial charge in [-0.05, 0) is 25.7 Å². The van der Waals surface area contributed by atoms with Gasteiger partial charge in [0.1, 0.15) is 11.6 Å². The van der Waals surface area contributed by atoms with Crippen LogP contribution in [-0.4, -0.2) is 16.6 Å². The van der Waals surface area contributed by atoms with Gasteiger partial charge in [-0.3, -0.25) is 0 Å². The molecule has 2 N–H and O–H groups in total. The first-order chi connectivity index (χ1) is 8.88. The van der Waals surface area contributed by atoms with E-state index < -0.39 is 0 Å². The Morgan fingerprint density at radius 1 is 1.21 bits per heavy atom. The number of nitrogens with zero attached hydrogens (tertiary/aromatic N) is 2. The lowest BCUT2D eigenvalue weighted by atomic mass is 9.95. The lowest BCUT2D eigenvalue weighted by Crippen LogP contribution is -2.19. The van der Waals surface area contributed by atoms with Crippen LogP contribution in [-0.2, 0) is 5.41 Å². The van der Waals surface area contributed by atoms with Crippen molar-refractivity contribution in [2.45, 2.75) is 58.8 Å². The first-order valence-corrected chi connectivity index (χ1v) is 7.15. The number of nitrogen functional groups attached to an aromatic ring is 1. The van der Waals surface area contributed by atoms with E-state index in [9.17, 15) is 0 Å². The Hall–Kier alpha value is -1.32. The van der Waals surface area contributed by atoms with Gasteiger partial charge in [-0.1, -0.05) is 33.6 Å². The summed E-state index contributed by atoms with van der Waals surface area (Å²) in [5.74, 6) is 2.61. The monoisotopic (exact) mass is 263 g/mol. The molecule has 0 radical (unpaired) electrons. The lowest BCUT2D eigenvalue weighted by molar-refractivity contribution is 0.240. The molecule has 1 aliphatic rings. The van der Waals surface area contributed by atoms with Gasteiger partial charge in [0, 0.05) is 5.41 Å². The summed E-state index contributed by atoms with van der Waals surface area (Å²) in [5, 5.41) is 0. The predicted molar refractivity (Wildman–Crippen MR) is 77.3 cm³/mol. The fraction of sp³-hybridized carbons (Fsp3) is 0.733. The van der Waals surface area contributed by atoms with E-state index in [1.165, 1.54) is 25.7 Å². The molecule has 2 rings (SSSR count). The van der Waals surface area contributed by atoms with Crippen LogP contribution < -0.4 is 10.5 Å². The van der Waals surface area contributed by atoms with Crippen LogP contribution in [0.2, 0.25) is 0 Å². The molecule has 0 unspecified atom stereocenters. The Balaban J connectivity index is 2.16. The molecule has 1 fully saturated rings. The second-order valence-corrected chi connectivity index (χ2v) is 6.57. The minimum Gasteiger partial charge on any atom is -0.477 e. The van der Waals surface area contributed by atoms with Gasteiger partial charge in [0.15, 0.2) is 0 Å². The number of hydrogen-bond acceptors (Lipinski definition) is 4. The topological polar surface area (TPSA) is 61.0 Å². The highest BCUT2D eigenvalue weighted by molar-refractivity contribution is 5.45. The second kappa shape index (κ2) is 5.35. The maximum Gasteiger partial charge on any atom is 0.221 e. The van der Waals surface area contributed by atoms with Crippen molar-refractivity contribution in [1.82, 2.24) is 9.97 Å². The Labute approximate surface area is 115 Å². The minimum absolute atomic E-state index is 0.118. The average molecular weight is 263 g/mol. The van der Waals surface area contributed by atoms with Crippen LogP contribution in [0, 0.1) is 12.8 Å². The molecule has 4 heteroatoms. The van der Waals surface area contributed by atoms with Crippen LogP contribution in [0.4, 0.5) is 5.82 Å². The van der Waals surface area contributed by atoms with Crippen molar-refractivity contribution >= 4 is 5.82 Å². The van der Waals surface area contributed by atoms with E-state index >= 15 is 0 Å². The molecule has 0 aliphatic heterocycles. The Bertz CT molecular complexity index is 445. The smallest absolute Gasteiger partial charge is 0.221 e. The van der Waals surface area contributed by atoms with Gasteiger partial charge in [-0.2, -0.15) is 4.98 Å². The Morgan fingerprint density at radius 3 is 2.42 bits per heavy atom. The molecule has 1 aliphatic carbocycles. The van der Waals surface area contributed by atoms with Crippen LogP contribution in [0.25, 0.3) is 0 Å². The standard InChI is InChI=1S/C15H25N3O/c1-10-12(16)17-14(15(2,3)4)18-13(10)19-9-11-7-5-6-8-11/h11H,5-9H2,1-4H3,(H2,16,17,18). The Kier molecular flexibility index (Phi) is 3.97. The van der Waals surface area contributed by atoms with E-state index in [4.69, 9.17) is 10.5 Å². The van der Waals surface area contributed by atoms with Crippen LogP contribution in [0.1, 0.15) is 57.8 Å². The summed E-state index contributed by atoms with van der Waals surface area (Å²) in [6, 6.07) is 0. The van der Waals surface area contributed by atoms with E-state index in [1.54, 1.807) is 0 Å². The number of rotatable bonds is 3. The van der Waals surface area contributed by atoms with Crippen LogP contribution >= 0.6 is 0 Å². The highest BCUT2D eigenvalue weighted by Gasteiger charge is 2.22. The third-order valence-electron chi connectivity index (χ3n) is 3.74. The number of ether oxygens (including phenoxy) is 1. The average Bonchev–Trinajstić information content (AvgIpc) is 2.82. The Morgan fingerprint density at radius 2 is 1.84 bits per heavy atom. The summed E-state index contributed by atoms with van der Waals surface area (Å²) in [5.41, 5.74) is 6.71. The van der Waals surface area contributed by atoms with E-state index in [0.29, 0.717) is 17.6 Å². The number of hydrogen-bond donors (Lipinski definition) is 1. The molecule has 106 valence electrons. The molecule has 1 saturated carbocycles. The highest BCUT2D eigenvalue weighted by atomic mass is 16.5. The molecule has 0 saturated heterocycles. The fourth-order valence-corrected chi connectivity index (χ4v) is 2.36. The molecule has 0 bridgehead atoms. The zero-order valence-electron chi connectivity index (χ0n) is 12.5. The third-order valence-corrected chi connectivity index (χ3v) is 3.74. The lowest BCUT2D eigenvalue weighted by Gasteiger charge is -2.20. The van der Waals surface area contributed by atoms with Crippen LogP contribution in [0.15, 0.2) is 0 Å². The van der Waals surface area contributed by atoms with Gasteiger partial charge in [0.05, 0.1) is 12.2 Å². The molecule has 1 heterocycles. The van der Waals surface area contributed by atoms with Gasteiger partial charge in [-0.15, -0.1) is 0 Å². The maximum atomic E-state index is 5.97. The maximum absolute atomic E-state index is 5.97. The summed E-state index contributed by atoms with van der Waals surface area (Å²) in [7, 11) is 0. The molecule has 4 nitrogen and oxygen atoms in total. The van der Waals surface area contributed by atoms with Crippen molar-refractivity contribution in [1.29, 1.82) is 0 Å². The quantitative estimate of drug-likeness (QED) is 0.909. The number of nitrogens with two attached hydrogens (primary N) is 1. The highest BCUT2D eigenvalue weighted by Crippen LogP contribution is 2.29. The largest absolute Gasteiger partial charge is 0.477 e. The molecule has 1 aromatic heterocycles. The SMILES string of the molecule is Cc1c(N)nc(C(C)(C)C)nc1OCC1CCCC1. The zero-order chi connectivity index (χ0) is 14.0. The molecule has 0 amide bonds. The summed E-state index contributed by atoms with van der Waals surface area (Å²) in [6.45, 7) is 8.92. The molecule has 0 atom stereocenters. The molecule has 19 heavy (non-hydrogen) atoms. The summed E-state index contributed by atoms with van der Waals surface area (Å²) in [4.78, 5) is 8.92. The molecule has 0 aromatic carbocycles. The first kappa shape index (κ1) is 14.1. The first-order valence-electron chi connectivity index (χ1n) is 7.15. The third kappa shape index (κ3) is 3.37. The van der Waals surface area contributed by atoms with Crippen LogP contribution in [0.5, 0.6) is 5.88 Å². The molecular weight excluding hydrogens is 238 g/mol. The van der Waals surface area contributed by atoms with Crippen molar-refractivity contribution in [3.63, 3.8) is 0 Å². The van der Waals surface area contributed by atoms with Gasteiger partial charge in [-0.25, -0.2) is 4.98 Å². The summed E-state index contributed by atoms with van der Waals surface area (Å²) in [6.07, 6.45) is 5.19. The van der Waals surface area contributed by atoms with E-state index in [1.807, 2.05) is 6.92 Å². The van der Waals surface area contributed by atoms with Crippen molar-refractivity contribution in [2.75, 3.05) is 12.3 Å². The van der Waals surface area contributed by atoms with Gasteiger partial charge in [0.2, 0.25) is 5.88 Å². The normalized spacial score (nSPS) is 16.8. The number of anilines is 1. The predicted octanol–water partition coefficient (Wildman–Crippen LogP) is 3.23. The van der Waals surface area contributed by atoms with E-state index in [2.05, 4.69) is 30.7 Å². The number of aromatic nitrogens is 2. The van der Waals surface area contributed by atoms with Crippen molar-refractivity contribution in [2.24, 2.45) is 5.92 Å². The van der Waals surface area contributed by atoms with Crippen molar-refractivity contribution < 1.29 is 4.74 Å². The van der Waals surface area contributed by atoms with Crippen molar-refractivity contribution in [3.05, 3.63) is 11.4 Å². The second-order valence-electron chi connectivity index (χ2n) is 6.57. The van der Waals surface area contributed by atoms with Gasteiger partial charge >= 0.3 is 0 Å². The summed E-state index contributed by atoms with van der Waals surface area (Å²) < 4.78 is 5.91. The molecular formula is C15H25N3O. The summed E-state index contributed by atoms with van der Waals surface area (Å²) >= 11 is 0. The van der Waals surface area contributed by atoms with E-state index in [-0.39, 0.29) is 5.41 Å². The zero-order valence-corrected chi connectivity index (χ0v) is 12.5. The molecule has 1 aromatic rings. The minimum atomic E-state index is -0.118. The van der Waals surface area contributed by atoms with Crippen molar-refractivity contribution in [3.8, 4) is 5.88 Å². The van der Waals surface area contributed by atoms with Crippen LogP contribution in [0.3, 0.4) is 0 Å². The van der Waals surface area contributed by atoms with Gasteiger partial charge in [0.25, 0.3) is 0 Å².